The molecule has 1 fully saturated rings. The summed E-state index contributed by atoms with van der Waals surface area (Å²) in [5.41, 5.74) is 5.24. The van der Waals surface area contributed by atoms with Gasteiger partial charge >= 0.3 is 0 Å². The molecule has 0 spiro atoms. The first kappa shape index (κ1) is 17.1. The van der Waals surface area contributed by atoms with Crippen LogP contribution < -0.4 is 5.32 Å². The molecule has 0 atom stereocenters. The number of aromatic nitrogens is 4. The lowest BCUT2D eigenvalue weighted by molar-refractivity contribution is 0.343. The molecular weight excluding hydrogens is 353 g/mol. The van der Waals surface area contributed by atoms with Crippen molar-refractivity contribution in [1.82, 2.24) is 25.1 Å². The van der Waals surface area contributed by atoms with E-state index in [-0.39, 0.29) is 5.82 Å². The van der Waals surface area contributed by atoms with Crippen molar-refractivity contribution in [3.8, 4) is 11.1 Å². The Bertz CT molecular complexity index is 1090. The van der Waals surface area contributed by atoms with Crippen LogP contribution >= 0.6 is 0 Å². The summed E-state index contributed by atoms with van der Waals surface area (Å²) >= 11 is 0. The van der Waals surface area contributed by atoms with E-state index in [1.165, 1.54) is 12.1 Å². The Morgan fingerprint density at radius 2 is 1.89 bits per heavy atom. The number of pyridine rings is 1. The average Bonchev–Trinajstić information content (AvgIpc) is 3.38. The molecule has 1 saturated heterocycles. The minimum atomic E-state index is -0.211. The van der Waals surface area contributed by atoms with E-state index in [9.17, 15) is 4.39 Å². The molecule has 6 heteroatoms. The number of nitrogens with one attached hydrogen (secondary N) is 2. The van der Waals surface area contributed by atoms with E-state index in [2.05, 4.69) is 37.3 Å². The molecule has 0 bridgehead atoms. The summed E-state index contributed by atoms with van der Waals surface area (Å²) in [6, 6.07) is 9.30. The van der Waals surface area contributed by atoms with Crippen molar-refractivity contribution >= 4 is 11.0 Å². The summed E-state index contributed by atoms with van der Waals surface area (Å²) in [5, 5.41) is 9.09. The van der Waals surface area contributed by atoms with Crippen LogP contribution in [0.15, 0.2) is 55.1 Å². The van der Waals surface area contributed by atoms with Crippen molar-refractivity contribution in [2.45, 2.75) is 25.3 Å². The average molecular weight is 375 g/mol. The first-order chi connectivity index (χ1) is 13.8. The number of piperidine rings is 1. The molecule has 1 aliphatic rings. The van der Waals surface area contributed by atoms with Crippen LogP contribution in [0.4, 0.5) is 4.39 Å². The molecule has 0 amide bonds. The van der Waals surface area contributed by atoms with Gasteiger partial charge in [-0.15, -0.1) is 0 Å². The van der Waals surface area contributed by atoms with Gasteiger partial charge in [-0.1, -0.05) is 12.1 Å². The van der Waals surface area contributed by atoms with Gasteiger partial charge in [-0.25, -0.2) is 9.37 Å². The Morgan fingerprint density at radius 3 is 2.71 bits per heavy atom. The molecule has 1 aromatic carbocycles. The van der Waals surface area contributed by atoms with E-state index in [1.54, 1.807) is 0 Å². The van der Waals surface area contributed by atoms with Gasteiger partial charge in [0, 0.05) is 35.1 Å². The molecule has 5 rings (SSSR count). The molecule has 142 valence electrons. The molecule has 1 aliphatic heterocycles. The molecule has 0 aliphatic carbocycles. The van der Waals surface area contributed by atoms with Crippen LogP contribution in [0.1, 0.15) is 30.0 Å². The van der Waals surface area contributed by atoms with E-state index in [4.69, 9.17) is 0 Å². The van der Waals surface area contributed by atoms with Crippen LogP contribution in [0.3, 0.4) is 0 Å². The lowest BCUT2D eigenvalue weighted by Gasteiger charge is -2.22. The minimum absolute atomic E-state index is 0.211. The second-order valence-corrected chi connectivity index (χ2v) is 7.43. The zero-order chi connectivity index (χ0) is 18.9. The van der Waals surface area contributed by atoms with E-state index >= 15 is 0 Å². The summed E-state index contributed by atoms with van der Waals surface area (Å²) in [6.07, 6.45) is 10.9. The number of hydrogen-bond donors (Lipinski definition) is 2. The summed E-state index contributed by atoms with van der Waals surface area (Å²) < 4.78 is 15.3. The van der Waals surface area contributed by atoms with Crippen LogP contribution in [-0.2, 0) is 6.42 Å². The zero-order valence-electron chi connectivity index (χ0n) is 15.5. The first-order valence-electron chi connectivity index (χ1n) is 9.72. The van der Waals surface area contributed by atoms with E-state index < -0.39 is 0 Å². The zero-order valence-corrected chi connectivity index (χ0v) is 15.5. The summed E-state index contributed by atoms with van der Waals surface area (Å²) in [5.74, 6) is -0.211. The Balaban J connectivity index is 1.44. The highest BCUT2D eigenvalue weighted by atomic mass is 19.1. The number of hydrogen-bond acceptors (Lipinski definition) is 3. The maximum atomic E-state index is 13.2. The van der Waals surface area contributed by atoms with Gasteiger partial charge in [0.1, 0.15) is 11.5 Å². The van der Waals surface area contributed by atoms with Gasteiger partial charge in [0.15, 0.2) is 0 Å². The van der Waals surface area contributed by atoms with Gasteiger partial charge in [0.25, 0.3) is 0 Å². The maximum absolute atomic E-state index is 13.2. The monoisotopic (exact) mass is 375 g/mol. The fourth-order valence-electron chi connectivity index (χ4n) is 3.94. The summed E-state index contributed by atoms with van der Waals surface area (Å²) in [6.45, 7) is 2.09. The molecule has 4 heterocycles. The van der Waals surface area contributed by atoms with Crippen LogP contribution in [0.25, 0.3) is 22.2 Å². The maximum Gasteiger partial charge on any atom is 0.137 e. The van der Waals surface area contributed by atoms with Crippen molar-refractivity contribution in [2.75, 3.05) is 13.1 Å². The highest BCUT2D eigenvalue weighted by Crippen LogP contribution is 2.27. The first-order valence-corrected chi connectivity index (χ1v) is 9.72. The molecule has 4 aromatic rings. The second-order valence-electron chi connectivity index (χ2n) is 7.43. The van der Waals surface area contributed by atoms with Gasteiger partial charge in [-0.3, -0.25) is 4.68 Å². The topological polar surface area (TPSA) is 58.5 Å². The number of benzene rings is 1. The van der Waals surface area contributed by atoms with Gasteiger partial charge in [0.05, 0.1) is 12.2 Å². The molecule has 5 nitrogen and oxygen atoms in total. The Morgan fingerprint density at radius 1 is 1.07 bits per heavy atom. The quantitative estimate of drug-likeness (QED) is 0.565. The lowest BCUT2D eigenvalue weighted by Crippen LogP contribution is -2.29. The molecule has 0 saturated carbocycles. The summed E-state index contributed by atoms with van der Waals surface area (Å²) in [7, 11) is 0. The molecule has 0 unspecified atom stereocenters. The van der Waals surface area contributed by atoms with Gasteiger partial charge < -0.3 is 10.3 Å². The van der Waals surface area contributed by atoms with E-state index in [1.807, 2.05) is 30.7 Å². The SMILES string of the molecule is Fc1ccc(Cc2c[nH]c3ncc(-c4cnn(C5CCNCC5)c4)cc23)cc1. The molecule has 2 N–H and O–H groups in total. The summed E-state index contributed by atoms with van der Waals surface area (Å²) in [4.78, 5) is 7.84. The Kier molecular flexibility index (Phi) is 4.41. The van der Waals surface area contributed by atoms with Crippen molar-refractivity contribution < 1.29 is 4.39 Å². The Hall–Kier alpha value is -2.99. The standard InChI is InChI=1S/C22H22FN5/c23-19-3-1-15(2-4-19)9-17-12-26-22-21(17)10-16(11-25-22)18-13-27-28(14-18)20-5-7-24-8-6-20/h1-4,10-14,20,24H,5-9H2,(H,25,26). The lowest BCUT2D eigenvalue weighted by atomic mass is 10.0. The normalized spacial score (nSPS) is 15.3. The van der Waals surface area contributed by atoms with Crippen molar-refractivity contribution in [1.29, 1.82) is 0 Å². The second kappa shape index (κ2) is 7.20. The third-order valence-electron chi connectivity index (χ3n) is 5.54. The number of fused-ring (bicyclic) bond motifs is 1. The van der Waals surface area contributed by atoms with Crippen LogP contribution in [0, 0.1) is 5.82 Å². The Labute approximate surface area is 162 Å². The smallest absolute Gasteiger partial charge is 0.137 e. The minimum Gasteiger partial charge on any atom is -0.346 e. The molecule has 28 heavy (non-hydrogen) atoms. The number of nitrogens with zero attached hydrogens (tertiary/aromatic N) is 3. The van der Waals surface area contributed by atoms with E-state index in [0.717, 1.165) is 65.6 Å². The fourth-order valence-corrected chi connectivity index (χ4v) is 3.94. The van der Waals surface area contributed by atoms with Crippen molar-refractivity contribution in [3.63, 3.8) is 0 Å². The number of rotatable bonds is 4. The predicted octanol–water partition coefficient (Wildman–Crippen LogP) is 4.08. The van der Waals surface area contributed by atoms with Gasteiger partial charge in [-0.05, 0) is 61.7 Å². The van der Waals surface area contributed by atoms with Crippen molar-refractivity contribution in [3.05, 3.63) is 72.1 Å². The number of halogens is 1. The molecule has 0 radical (unpaired) electrons. The third-order valence-corrected chi connectivity index (χ3v) is 5.54. The van der Waals surface area contributed by atoms with E-state index in [0.29, 0.717) is 6.04 Å². The van der Waals surface area contributed by atoms with Crippen LogP contribution in [0.2, 0.25) is 0 Å². The molecule has 3 aromatic heterocycles. The number of aromatic amines is 1. The van der Waals surface area contributed by atoms with Crippen LogP contribution in [0.5, 0.6) is 0 Å². The largest absolute Gasteiger partial charge is 0.346 e. The highest BCUT2D eigenvalue weighted by molar-refractivity contribution is 5.84. The fraction of sp³-hybridized carbons (Fsp3) is 0.273. The van der Waals surface area contributed by atoms with Crippen LogP contribution in [-0.4, -0.2) is 32.8 Å². The molecular formula is C22H22FN5. The predicted molar refractivity (Wildman–Crippen MR) is 108 cm³/mol. The van der Waals surface area contributed by atoms with Gasteiger partial charge in [-0.2, -0.15) is 5.10 Å². The van der Waals surface area contributed by atoms with Crippen molar-refractivity contribution in [2.24, 2.45) is 0 Å². The number of H-pyrrole nitrogens is 1. The van der Waals surface area contributed by atoms with Gasteiger partial charge in [0.2, 0.25) is 0 Å². The third kappa shape index (κ3) is 3.31. The highest BCUT2D eigenvalue weighted by Gasteiger charge is 2.16.